The van der Waals surface area contributed by atoms with Gasteiger partial charge in [-0.25, -0.2) is 0 Å². The second kappa shape index (κ2) is 7.89. The summed E-state index contributed by atoms with van der Waals surface area (Å²) in [5, 5.41) is 5.98. The average Bonchev–Trinajstić information content (AvgIpc) is 2.58. The van der Waals surface area contributed by atoms with Crippen molar-refractivity contribution in [3.05, 3.63) is 58.1 Å². The van der Waals surface area contributed by atoms with Gasteiger partial charge in [0, 0.05) is 16.9 Å². The van der Waals surface area contributed by atoms with Crippen molar-refractivity contribution in [1.82, 2.24) is 0 Å². The third-order valence-corrected chi connectivity index (χ3v) is 4.58. The Morgan fingerprint density at radius 2 is 1.42 bits per heavy atom. The van der Waals surface area contributed by atoms with E-state index in [1.165, 1.54) is 26.8 Å². The molecule has 7 heteroatoms. The Bertz CT molecular complexity index is 879. The van der Waals surface area contributed by atoms with Crippen LogP contribution < -0.4 is 10.6 Å². The van der Waals surface area contributed by atoms with Crippen LogP contribution in [0.2, 0.25) is 10.0 Å². The Balaban J connectivity index is 2.13. The van der Waals surface area contributed by atoms with E-state index in [9.17, 15) is 14.4 Å². The number of ketones is 1. The lowest BCUT2D eigenvalue weighted by molar-refractivity contribution is -0.135. The molecule has 0 heterocycles. The highest BCUT2D eigenvalue weighted by molar-refractivity contribution is 6.42. The molecule has 2 aromatic carbocycles. The molecule has 136 valence electrons. The van der Waals surface area contributed by atoms with Gasteiger partial charge >= 0.3 is 0 Å². The number of halogens is 2. The number of hydrogen-bond acceptors (Lipinski definition) is 3. The first-order chi connectivity index (χ1) is 12.1. The Morgan fingerprint density at radius 3 is 1.96 bits per heavy atom. The Hall–Kier alpha value is -2.37. The minimum Gasteiger partial charge on any atom is -0.325 e. The second-order valence-corrected chi connectivity index (χ2v) is 7.11. The van der Waals surface area contributed by atoms with Crippen LogP contribution in [0.15, 0.2) is 42.5 Å². The molecule has 0 atom stereocenters. The fraction of sp³-hybridized carbons (Fsp3) is 0.211. The number of rotatable bonds is 5. The van der Waals surface area contributed by atoms with Crippen molar-refractivity contribution in [2.45, 2.75) is 20.8 Å². The van der Waals surface area contributed by atoms with Crippen molar-refractivity contribution in [2.75, 3.05) is 10.6 Å². The predicted octanol–water partition coefficient (Wildman–Crippen LogP) is 4.80. The Labute approximate surface area is 161 Å². The maximum absolute atomic E-state index is 12.6. The van der Waals surface area contributed by atoms with E-state index >= 15 is 0 Å². The van der Waals surface area contributed by atoms with Gasteiger partial charge in [0.05, 0.1) is 10.0 Å². The van der Waals surface area contributed by atoms with Crippen molar-refractivity contribution >= 4 is 52.2 Å². The molecule has 0 bridgehead atoms. The summed E-state index contributed by atoms with van der Waals surface area (Å²) in [5.74, 6) is -1.12. The van der Waals surface area contributed by atoms with Gasteiger partial charge in [-0.1, -0.05) is 35.3 Å². The summed E-state index contributed by atoms with van der Waals surface area (Å²) in [5.41, 5.74) is -0.0129. The lowest BCUT2D eigenvalue weighted by atomic mass is 9.90. The molecular weight excluding hydrogens is 375 g/mol. The molecule has 0 aliphatic carbocycles. The summed E-state index contributed by atoms with van der Waals surface area (Å²) < 4.78 is 0. The SMILES string of the molecule is CC(=O)c1cccc(NC(=O)C(C)(C)C(=O)Nc2ccc(Cl)c(Cl)c2)c1. The first-order valence-electron chi connectivity index (χ1n) is 7.80. The van der Waals surface area contributed by atoms with Gasteiger partial charge in [-0.15, -0.1) is 0 Å². The van der Waals surface area contributed by atoms with E-state index in [4.69, 9.17) is 23.2 Å². The number of carbonyl (C=O) groups excluding carboxylic acids is 3. The molecule has 2 rings (SSSR count). The number of hydrogen-bond donors (Lipinski definition) is 2. The Morgan fingerprint density at radius 1 is 0.846 bits per heavy atom. The molecule has 2 aromatic rings. The van der Waals surface area contributed by atoms with E-state index in [1.54, 1.807) is 36.4 Å². The van der Waals surface area contributed by atoms with Crippen LogP contribution in [0, 0.1) is 5.41 Å². The molecule has 0 aliphatic heterocycles. The van der Waals surface area contributed by atoms with Crippen LogP contribution in [0.25, 0.3) is 0 Å². The summed E-state index contributed by atoms with van der Waals surface area (Å²) in [6.07, 6.45) is 0. The molecule has 0 radical (unpaired) electrons. The van der Waals surface area contributed by atoms with Gasteiger partial charge < -0.3 is 10.6 Å². The first kappa shape index (κ1) is 19.9. The zero-order chi connectivity index (χ0) is 19.5. The molecule has 0 unspecified atom stereocenters. The lowest BCUT2D eigenvalue weighted by Gasteiger charge is -2.23. The molecule has 5 nitrogen and oxygen atoms in total. The van der Waals surface area contributed by atoms with E-state index in [2.05, 4.69) is 10.6 Å². The molecule has 0 fully saturated rings. The largest absolute Gasteiger partial charge is 0.325 e. The minimum absolute atomic E-state index is 0.113. The van der Waals surface area contributed by atoms with Crippen LogP contribution >= 0.6 is 23.2 Å². The van der Waals surface area contributed by atoms with Gasteiger partial charge in [-0.2, -0.15) is 0 Å². The highest BCUT2D eigenvalue weighted by Crippen LogP contribution is 2.27. The lowest BCUT2D eigenvalue weighted by Crippen LogP contribution is -2.41. The fourth-order valence-corrected chi connectivity index (χ4v) is 2.37. The highest BCUT2D eigenvalue weighted by atomic mass is 35.5. The van der Waals surface area contributed by atoms with Crippen LogP contribution in [-0.4, -0.2) is 17.6 Å². The van der Waals surface area contributed by atoms with Crippen LogP contribution in [0.5, 0.6) is 0 Å². The number of nitrogens with one attached hydrogen (secondary N) is 2. The van der Waals surface area contributed by atoms with Crippen molar-refractivity contribution in [3.63, 3.8) is 0 Å². The zero-order valence-electron chi connectivity index (χ0n) is 14.5. The molecule has 0 aromatic heterocycles. The quantitative estimate of drug-likeness (QED) is 0.566. The molecule has 0 saturated heterocycles. The summed E-state index contributed by atoms with van der Waals surface area (Å²) in [4.78, 5) is 36.5. The Kier molecular flexibility index (Phi) is 6.05. The third kappa shape index (κ3) is 4.62. The van der Waals surface area contributed by atoms with Crippen molar-refractivity contribution in [1.29, 1.82) is 0 Å². The van der Waals surface area contributed by atoms with E-state index in [1.807, 2.05) is 0 Å². The smallest absolute Gasteiger partial charge is 0.239 e. The van der Waals surface area contributed by atoms with Crippen LogP contribution in [0.4, 0.5) is 11.4 Å². The number of anilines is 2. The maximum atomic E-state index is 12.6. The average molecular weight is 393 g/mol. The number of Topliss-reactive ketones (excluding diaryl/α,β-unsaturated/α-hetero) is 1. The third-order valence-electron chi connectivity index (χ3n) is 3.84. The molecule has 2 amide bonds. The monoisotopic (exact) mass is 392 g/mol. The van der Waals surface area contributed by atoms with Gasteiger partial charge in [0.15, 0.2) is 5.78 Å². The summed E-state index contributed by atoms with van der Waals surface area (Å²) in [6, 6.07) is 11.2. The van der Waals surface area contributed by atoms with E-state index in [-0.39, 0.29) is 5.78 Å². The van der Waals surface area contributed by atoms with E-state index in [0.717, 1.165) is 0 Å². The van der Waals surface area contributed by atoms with E-state index < -0.39 is 17.2 Å². The minimum atomic E-state index is -1.36. The van der Waals surface area contributed by atoms with Crippen LogP contribution in [-0.2, 0) is 9.59 Å². The molecule has 0 spiro atoms. The molecule has 26 heavy (non-hydrogen) atoms. The van der Waals surface area contributed by atoms with Crippen LogP contribution in [0.1, 0.15) is 31.1 Å². The molecule has 2 N–H and O–H groups in total. The van der Waals surface area contributed by atoms with E-state index in [0.29, 0.717) is 27.0 Å². The van der Waals surface area contributed by atoms with Crippen molar-refractivity contribution in [2.24, 2.45) is 5.41 Å². The first-order valence-corrected chi connectivity index (χ1v) is 8.56. The molecule has 0 saturated carbocycles. The summed E-state index contributed by atoms with van der Waals surface area (Å²) in [6.45, 7) is 4.45. The predicted molar refractivity (Wildman–Crippen MR) is 104 cm³/mol. The normalized spacial score (nSPS) is 11.0. The van der Waals surface area contributed by atoms with Gasteiger partial charge in [-0.05, 0) is 51.1 Å². The molecule has 0 aliphatic rings. The van der Waals surface area contributed by atoms with Crippen molar-refractivity contribution in [3.8, 4) is 0 Å². The fourth-order valence-electron chi connectivity index (χ4n) is 2.07. The summed E-state index contributed by atoms with van der Waals surface area (Å²) in [7, 11) is 0. The van der Waals surface area contributed by atoms with Crippen molar-refractivity contribution < 1.29 is 14.4 Å². The number of carbonyl (C=O) groups is 3. The zero-order valence-corrected chi connectivity index (χ0v) is 16.0. The second-order valence-electron chi connectivity index (χ2n) is 6.30. The number of benzene rings is 2. The van der Waals surface area contributed by atoms with Gasteiger partial charge in [0.25, 0.3) is 0 Å². The summed E-state index contributed by atoms with van der Waals surface area (Å²) >= 11 is 11.8. The maximum Gasteiger partial charge on any atom is 0.239 e. The number of amides is 2. The topological polar surface area (TPSA) is 75.3 Å². The van der Waals surface area contributed by atoms with Crippen LogP contribution in [0.3, 0.4) is 0 Å². The van der Waals surface area contributed by atoms with Gasteiger partial charge in [-0.3, -0.25) is 14.4 Å². The van der Waals surface area contributed by atoms with Gasteiger partial charge in [0.2, 0.25) is 11.8 Å². The van der Waals surface area contributed by atoms with Gasteiger partial charge in [0.1, 0.15) is 5.41 Å². The molecular formula is C19H18Cl2N2O3. The standard InChI is InChI=1S/C19H18Cl2N2O3/c1-11(24)12-5-4-6-13(9-12)22-17(25)19(2,3)18(26)23-14-7-8-15(20)16(21)10-14/h4-10H,1-3H3,(H,22,25)(H,23,26). The highest BCUT2D eigenvalue weighted by Gasteiger charge is 2.36.